The first-order valence-corrected chi connectivity index (χ1v) is 7.31. The Labute approximate surface area is 112 Å². The highest BCUT2D eigenvalue weighted by Crippen LogP contribution is 2.13. The third kappa shape index (κ3) is 6.14. The van der Waals surface area contributed by atoms with Crippen molar-refractivity contribution in [3.05, 3.63) is 0 Å². The van der Waals surface area contributed by atoms with Crippen LogP contribution in [0, 0.1) is 0 Å². The molecule has 0 spiro atoms. The van der Waals surface area contributed by atoms with Crippen LogP contribution in [0.5, 0.6) is 0 Å². The van der Waals surface area contributed by atoms with Crippen LogP contribution < -0.4 is 5.32 Å². The van der Waals surface area contributed by atoms with E-state index in [4.69, 9.17) is 9.47 Å². The van der Waals surface area contributed by atoms with Gasteiger partial charge in [0.25, 0.3) is 0 Å². The SMILES string of the molecule is CCOCCCNCC(C)N1CC(C)OC(C)C1. The normalized spacial score (nSPS) is 27.3. The number of hydrogen-bond donors (Lipinski definition) is 1. The first-order chi connectivity index (χ1) is 8.63. The minimum atomic E-state index is 0.356. The van der Waals surface area contributed by atoms with E-state index in [1.54, 1.807) is 0 Å². The third-order valence-corrected chi connectivity index (χ3v) is 3.36. The van der Waals surface area contributed by atoms with Gasteiger partial charge in [-0.3, -0.25) is 4.90 Å². The van der Waals surface area contributed by atoms with Crippen molar-refractivity contribution in [3.63, 3.8) is 0 Å². The number of morpholine rings is 1. The van der Waals surface area contributed by atoms with Gasteiger partial charge in [0, 0.05) is 38.9 Å². The van der Waals surface area contributed by atoms with Crippen LogP contribution in [0.15, 0.2) is 0 Å². The van der Waals surface area contributed by atoms with Gasteiger partial charge in [-0.05, 0) is 40.7 Å². The van der Waals surface area contributed by atoms with Gasteiger partial charge in [-0.15, -0.1) is 0 Å². The maximum atomic E-state index is 5.76. The monoisotopic (exact) mass is 258 g/mol. The Hall–Kier alpha value is -0.160. The standard InChI is InChI=1S/C14H30N2O2/c1-5-17-8-6-7-15-9-12(2)16-10-13(3)18-14(4)11-16/h12-15H,5-11H2,1-4H3. The molecule has 1 fully saturated rings. The summed E-state index contributed by atoms with van der Waals surface area (Å²) in [5.41, 5.74) is 0. The molecule has 3 atom stereocenters. The molecule has 0 aromatic carbocycles. The van der Waals surface area contributed by atoms with Crippen molar-refractivity contribution in [2.24, 2.45) is 0 Å². The predicted octanol–water partition coefficient (Wildman–Crippen LogP) is 1.50. The first-order valence-electron chi connectivity index (χ1n) is 7.31. The van der Waals surface area contributed by atoms with Gasteiger partial charge in [0.2, 0.25) is 0 Å². The van der Waals surface area contributed by atoms with Gasteiger partial charge in [-0.2, -0.15) is 0 Å². The lowest BCUT2D eigenvalue weighted by Gasteiger charge is -2.39. The molecular weight excluding hydrogens is 228 g/mol. The van der Waals surface area contributed by atoms with E-state index in [0.717, 1.165) is 45.8 Å². The van der Waals surface area contributed by atoms with Gasteiger partial charge in [0.15, 0.2) is 0 Å². The molecule has 0 aliphatic carbocycles. The summed E-state index contributed by atoms with van der Waals surface area (Å²) in [4.78, 5) is 2.52. The lowest BCUT2D eigenvalue weighted by molar-refractivity contribution is -0.0780. The van der Waals surface area contributed by atoms with Gasteiger partial charge < -0.3 is 14.8 Å². The molecule has 0 bridgehead atoms. The van der Waals surface area contributed by atoms with Gasteiger partial charge in [0.1, 0.15) is 0 Å². The molecule has 1 saturated heterocycles. The number of nitrogens with zero attached hydrogens (tertiary/aromatic N) is 1. The van der Waals surface area contributed by atoms with Crippen molar-refractivity contribution in [1.29, 1.82) is 0 Å². The van der Waals surface area contributed by atoms with E-state index >= 15 is 0 Å². The number of ether oxygens (including phenoxy) is 2. The highest BCUT2D eigenvalue weighted by Gasteiger charge is 2.25. The molecule has 1 N–H and O–H groups in total. The van der Waals surface area contributed by atoms with Crippen molar-refractivity contribution >= 4 is 0 Å². The molecule has 0 aromatic rings. The average molecular weight is 258 g/mol. The molecule has 1 aliphatic heterocycles. The first kappa shape index (κ1) is 15.9. The van der Waals surface area contributed by atoms with Crippen molar-refractivity contribution in [2.45, 2.75) is 52.4 Å². The van der Waals surface area contributed by atoms with E-state index in [1.807, 2.05) is 6.92 Å². The fourth-order valence-corrected chi connectivity index (χ4v) is 2.46. The molecule has 0 radical (unpaired) electrons. The molecule has 108 valence electrons. The summed E-state index contributed by atoms with van der Waals surface area (Å²) in [6.07, 6.45) is 1.81. The Balaban J connectivity index is 2.10. The minimum Gasteiger partial charge on any atom is -0.382 e. The quantitative estimate of drug-likeness (QED) is 0.669. The van der Waals surface area contributed by atoms with Gasteiger partial charge in [-0.1, -0.05) is 0 Å². The van der Waals surface area contributed by atoms with E-state index in [0.29, 0.717) is 18.2 Å². The molecule has 0 saturated carbocycles. The highest BCUT2D eigenvalue weighted by atomic mass is 16.5. The Kier molecular flexibility index (Phi) is 7.82. The van der Waals surface area contributed by atoms with Crippen LogP contribution in [0.2, 0.25) is 0 Å². The molecule has 4 heteroatoms. The molecule has 0 amide bonds. The zero-order chi connectivity index (χ0) is 13.4. The lowest BCUT2D eigenvalue weighted by atomic mass is 10.1. The van der Waals surface area contributed by atoms with E-state index < -0.39 is 0 Å². The second-order valence-electron chi connectivity index (χ2n) is 5.31. The van der Waals surface area contributed by atoms with Crippen LogP contribution in [0.4, 0.5) is 0 Å². The fraction of sp³-hybridized carbons (Fsp3) is 1.00. The molecular formula is C14H30N2O2. The molecule has 0 aromatic heterocycles. The molecule has 18 heavy (non-hydrogen) atoms. The van der Waals surface area contributed by atoms with E-state index in [-0.39, 0.29) is 0 Å². The summed E-state index contributed by atoms with van der Waals surface area (Å²) < 4.78 is 11.1. The molecule has 3 unspecified atom stereocenters. The van der Waals surface area contributed by atoms with Crippen LogP contribution in [-0.4, -0.2) is 62.5 Å². The smallest absolute Gasteiger partial charge is 0.0678 e. The Morgan fingerprint density at radius 3 is 2.61 bits per heavy atom. The van der Waals surface area contributed by atoms with Crippen LogP contribution in [-0.2, 0) is 9.47 Å². The summed E-state index contributed by atoms with van der Waals surface area (Å²) in [6, 6.07) is 0.575. The fourth-order valence-electron chi connectivity index (χ4n) is 2.46. The van der Waals surface area contributed by atoms with Crippen LogP contribution in [0.3, 0.4) is 0 Å². The van der Waals surface area contributed by atoms with E-state index in [1.165, 1.54) is 0 Å². The summed E-state index contributed by atoms with van der Waals surface area (Å²) in [5, 5.41) is 3.51. The maximum Gasteiger partial charge on any atom is 0.0678 e. The number of hydrogen-bond acceptors (Lipinski definition) is 4. The van der Waals surface area contributed by atoms with Gasteiger partial charge in [-0.25, -0.2) is 0 Å². The van der Waals surface area contributed by atoms with E-state index in [9.17, 15) is 0 Å². The Morgan fingerprint density at radius 2 is 2.00 bits per heavy atom. The third-order valence-electron chi connectivity index (χ3n) is 3.36. The van der Waals surface area contributed by atoms with Gasteiger partial charge in [0.05, 0.1) is 12.2 Å². The van der Waals surface area contributed by atoms with E-state index in [2.05, 4.69) is 31.0 Å². The molecule has 1 heterocycles. The maximum absolute atomic E-state index is 5.76. The number of nitrogens with one attached hydrogen (secondary N) is 1. The molecule has 1 aliphatic rings. The zero-order valence-electron chi connectivity index (χ0n) is 12.4. The lowest BCUT2D eigenvalue weighted by Crippen LogP contribution is -2.51. The van der Waals surface area contributed by atoms with Crippen molar-refractivity contribution in [2.75, 3.05) is 39.4 Å². The molecule has 1 rings (SSSR count). The predicted molar refractivity (Wildman–Crippen MR) is 75.0 cm³/mol. The molecule has 4 nitrogen and oxygen atoms in total. The summed E-state index contributed by atoms with van der Waals surface area (Å²) in [6.45, 7) is 14.5. The van der Waals surface area contributed by atoms with Crippen LogP contribution in [0.25, 0.3) is 0 Å². The van der Waals surface area contributed by atoms with Crippen molar-refractivity contribution < 1.29 is 9.47 Å². The second-order valence-corrected chi connectivity index (χ2v) is 5.31. The van der Waals surface area contributed by atoms with Crippen LogP contribution in [0.1, 0.15) is 34.1 Å². The second kappa shape index (κ2) is 8.86. The Morgan fingerprint density at radius 1 is 1.33 bits per heavy atom. The summed E-state index contributed by atoms with van der Waals surface area (Å²) >= 11 is 0. The van der Waals surface area contributed by atoms with Crippen molar-refractivity contribution in [3.8, 4) is 0 Å². The average Bonchev–Trinajstić information content (AvgIpc) is 2.32. The van der Waals surface area contributed by atoms with Crippen molar-refractivity contribution in [1.82, 2.24) is 10.2 Å². The summed E-state index contributed by atoms with van der Waals surface area (Å²) in [7, 11) is 0. The topological polar surface area (TPSA) is 33.7 Å². The highest BCUT2D eigenvalue weighted by molar-refractivity contribution is 4.78. The largest absolute Gasteiger partial charge is 0.382 e. The zero-order valence-corrected chi connectivity index (χ0v) is 12.4. The number of rotatable bonds is 8. The summed E-state index contributed by atoms with van der Waals surface area (Å²) in [5.74, 6) is 0. The van der Waals surface area contributed by atoms with Crippen LogP contribution >= 0.6 is 0 Å². The van der Waals surface area contributed by atoms with Gasteiger partial charge >= 0.3 is 0 Å². The minimum absolute atomic E-state index is 0.356. The Bertz CT molecular complexity index is 204.